The van der Waals surface area contributed by atoms with E-state index in [1.54, 1.807) is 43.3 Å². The molecule has 1 amide bonds. The van der Waals surface area contributed by atoms with Crippen molar-refractivity contribution in [2.24, 2.45) is 0 Å². The molecule has 3 aromatic carbocycles. The average molecular weight is 572 g/mol. The molecule has 0 aliphatic heterocycles. The number of hydrogen-bond acceptors (Lipinski definition) is 7. The van der Waals surface area contributed by atoms with Gasteiger partial charge in [0.1, 0.15) is 5.75 Å². The molecule has 0 bridgehead atoms. The number of para-hydroxylation sites is 1. The smallest absolute Gasteiger partial charge is 0.467 e. The average Bonchev–Trinajstić information content (AvgIpc) is 2.93. The Balaban J connectivity index is 1.66. The summed E-state index contributed by atoms with van der Waals surface area (Å²) in [5.74, 6) is -0.801. The summed E-state index contributed by atoms with van der Waals surface area (Å²) < 4.78 is 72.6. The number of rotatable bonds is 9. The molecule has 0 aliphatic rings. The van der Waals surface area contributed by atoms with Crippen molar-refractivity contribution in [1.29, 1.82) is 0 Å². The second kappa shape index (κ2) is 11.7. The third kappa shape index (κ3) is 6.94. The molecule has 0 unspecified atom stereocenters. The maximum Gasteiger partial charge on any atom is 0.573 e. The molecule has 4 aromatic rings. The van der Waals surface area contributed by atoms with Crippen LogP contribution in [0.15, 0.2) is 84.0 Å². The summed E-state index contributed by atoms with van der Waals surface area (Å²) in [6, 6.07) is 16.6. The quantitative estimate of drug-likeness (QED) is 0.275. The minimum absolute atomic E-state index is 0.0303. The molecule has 1 heterocycles. The minimum Gasteiger partial charge on any atom is -0.467 e. The molecule has 4 rings (SSSR count). The zero-order valence-electron chi connectivity index (χ0n) is 21.4. The fraction of sp³-hybridized carbons (Fsp3) is 0.179. The number of nitrogens with zero attached hydrogens (tertiary/aromatic N) is 2. The summed E-state index contributed by atoms with van der Waals surface area (Å²) >= 11 is 0. The normalized spacial score (nSPS) is 11.6. The third-order valence-corrected chi connectivity index (χ3v) is 7.61. The lowest BCUT2D eigenvalue weighted by atomic mass is 9.94. The molecule has 0 radical (unpaired) electrons. The molecule has 40 heavy (non-hydrogen) atoms. The number of hydrogen-bond donors (Lipinski definition) is 1. The van der Waals surface area contributed by atoms with Crippen molar-refractivity contribution in [3.63, 3.8) is 0 Å². The maximum atomic E-state index is 13.1. The van der Waals surface area contributed by atoms with Crippen LogP contribution in [0.4, 0.5) is 18.9 Å². The predicted molar refractivity (Wildman–Crippen MR) is 143 cm³/mol. The first-order chi connectivity index (χ1) is 19.0. The van der Waals surface area contributed by atoms with Crippen LogP contribution in [0.25, 0.3) is 22.3 Å². The van der Waals surface area contributed by atoms with Gasteiger partial charge in [-0.3, -0.25) is 4.79 Å². The first-order valence-corrected chi connectivity index (χ1v) is 13.6. The van der Waals surface area contributed by atoms with Gasteiger partial charge in [0.2, 0.25) is 5.91 Å². The van der Waals surface area contributed by atoms with Crippen LogP contribution < -0.4 is 14.8 Å². The number of ether oxygens (including phenoxy) is 2. The van der Waals surface area contributed by atoms with Crippen molar-refractivity contribution in [2.45, 2.75) is 24.6 Å². The standard InChI is InChI=1S/C28H24F3N3O5S/c1-3-40(36,37)21-11-8-18(9-12-21)14-26(35)34-20-10-13-22(23-6-4-5-7-25(23)39-28(29,30)31)24(15-20)19-16-32-27(38-2)33-17-19/h4-13,15-17H,3,14H2,1-2H3,(H,34,35). The number of halogens is 3. The lowest BCUT2D eigenvalue weighted by Crippen LogP contribution is -2.17. The van der Waals surface area contributed by atoms with Crippen molar-refractivity contribution in [2.75, 3.05) is 18.2 Å². The zero-order chi connectivity index (χ0) is 28.9. The van der Waals surface area contributed by atoms with Gasteiger partial charge in [0, 0.05) is 29.2 Å². The van der Waals surface area contributed by atoms with Crippen LogP contribution >= 0.6 is 0 Å². The highest BCUT2D eigenvalue weighted by atomic mass is 32.2. The van der Waals surface area contributed by atoms with Crippen LogP contribution in [0.3, 0.4) is 0 Å². The van der Waals surface area contributed by atoms with Crippen LogP contribution in [0.1, 0.15) is 12.5 Å². The van der Waals surface area contributed by atoms with Crippen molar-refractivity contribution in [3.05, 3.63) is 84.7 Å². The molecule has 1 aromatic heterocycles. The highest BCUT2D eigenvalue weighted by molar-refractivity contribution is 7.91. The number of sulfone groups is 1. The van der Waals surface area contributed by atoms with E-state index < -0.39 is 21.9 Å². The number of amides is 1. The molecule has 0 atom stereocenters. The lowest BCUT2D eigenvalue weighted by Gasteiger charge is -2.17. The predicted octanol–water partition coefficient (Wildman–Crippen LogP) is 5.69. The van der Waals surface area contributed by atoms with E-state index in [9.17, 15) is 26.4 Å². The van der Waals surface area contributed by atoms with Crippen molar-refractivity contribution < 1.29 is 35.9 Å². The summed E-state index contributed by atoms with van der Waals surface area (Å²) in [5, 5.41) is 2.78. The van der Waals surface area contributed by atoms with Gasteiger partial charge in [-0.2, -0.15) is 0 Å². The van der Waals surface area contributed by atoms with E-state index >= 15 is 0 Å². The summed E-state index contributed by atoms with van der Waals surface area (Å²) in [4.78, 5) is 21.2. The second-order valence-corrected chi connectivity index (χ2v) is 10.8. The summed E-state index contributed by atoms with van der Waals surface area (Å²) in [6.07, 6.45) is -2.02. The fourth-order valence-corrected chi connectivity index (χ4v) is 4.82. The fourth-order valence-electron chi connectivity index (χ4n) is 3.93. The Morgan fingerprint density at radius 3 is 2.23 bits per heavy atom. The third-order valence-electron chi connectivity index (χ3n) is 5.86. The van der Waals surface area contributed by atoms with Crippen LogP contribution in [0.2, 0.25) is 0 Å². The molecule has 8 nitrogen and oxygen atoms in total. The summed E-state index contributed by atoms with van der Waals surface area (Å²) in [5.41, 5.74) is 2.43. The number of carbonyl (C=O) groups excluding carboxylic acids is 1. The van der Waals surface area contributed by atoms with E-state index in [0.717, 1.165) is 0 Å². The molecule has 208 valence electrons. The molecule has 0 saturated heterocycles. The highest BCUT2D eigenvalue weighted by Gasteiger charge is 2.32. The van der Waals surface area contributed by atoms with E-state index in [1.807, 2.05) is 0 Å². The van der Waals surface area contributed by atoms with Gasteiger partial charge in [-0.15, -0.1) is 13.2 Å². The highest BCUT2D eigenvalue weighted by Crippen LogP contribution is 2.40. The Bertz CT molecular complexity index is 1610. The molecule has 0 aliphatic carbocycles. The summed E-state index contributed by atoms with van der Waals surface area (Å²) in [6.45, 7) is 1.55. The maximum absolute atomic E-state index is 13.1. The number of benzene rings is 3. The molecular weight excluding hydrogens is 547 g/mol. The van der Waals surface area contributed by atoms with Crippen LogP contribution in [-0.4, -0.2) is 43.5 Å². The zero-order valence-corrected chi connectivity index (χ0v) is 22.2. The van der Waals surface area contributed by atoms with Gasteiger partial charge >= 0.3 is 12.4 Å². The number of nitrogens with one attached hydrogen (secondary N) is 1. The van der Waals surface area contributed by atoms with E-state index in [0.29, 0.717) is 27.9 Å². The van der Waals surface area contributed by atoms with Gasteiger partial charge in [-0.25, -0.2) is 18.4 Å². The Hall–Kier alpha value is -4.45. The van der Waals surface area contributed by atoms with Crippen LogP contribution in [0.5, 0.6) is 11.8 Å². The van der Waals surface area contributed by atoms with Crippen LogP contribution in [-0.2, 0) is 21.1 Å². The Morgan fingerprint density at radius 1 is 0.925 bits per heavy atom. The van der Waals surface area contributed by atoms with E-state index in [2.05, 4.69) is 20.0 Å². The molecule has 0 fully saturated rings. The van der Waals surface area contributed by atoms with Gasteiger partial charge in [0.15, 0.2) is 9.84 Å². The monoisotopic (exact) mass is 571 g/mol. The first kappa shape index (κ1) is 28.6. The number of aromatic nitrogens is 2. The molecule has 12 heteroatoms. The Morgan fingerprint density at radius 2 is 1.60 bits per heavy atom. The van der Waals surface area contributed by atoms with Gasteiger partial charge in [-0.05, 0) is 47.0 Å². The number of alkyl halides is 3. The second-order valence-electron chi connectivity index (χ2n) is 8.54. The van der Waals surface area contributed by atoms with Gasteiger partial charge in [0.25, 0.3) is 0 Å². The van der Waals surface area contributed by atoms with E-state index in [4.69, 9.17) is 4.74 Å². The van der Waals surface area contributed by atoms with Gasteiger partial charge < -0.3 is 14.8 Å². The van der Waals surface area contributed by atoms with E-state index in [1.165, 1.54) is 49.8 Å². The SMILES string of the molecule is CCS(=O)(=O)c1ccc(CC(=O)Nc2ccc(-c3ccccc3OC(F)(F)F)c(-c3cnc(OC)nc3)c2)cc1. The minimum atomic E-state index is -4.90. The molecular formula is C28H24F3N3O5S. The Labute approximate surface area is 228 Å². The first-order valence-electron chi connectivity index (χ1n) is 12.0. The van der Waals surface area contributed by atoms with E-state index in [-0.39, 0.29) is 34.6 Å². The largest absolute Gasteiger partial charge is 0.573 e. The topological polar surface area (TPSA) is 107 Å². The lowest BCUT2D eigenvalue weighted by molar-refractivity contribution is -0.274. The molecule has 1 N–H and O–H groups in total. The summed E-state index contributed by atoms with van der Waals surface area (Å²) in [7, 11) is -1.96. The Kier molecular flexibility index (Phi) is 8.38. The van der Waals surface area contributed by atoms with Crippen molar-refractivity contribution in [1.82, 2.24) is 9.97 Å². The van der Waals surface area contributed by atoms with Crippen LogP contribution in [0, 0.1) is 0 Å². The number of carbonyl (C=O) groups is 1. The molecule has 0 spiro atoms. The van der Waals surface area contributed by atoms with Crippen molar-refractivity contribution >= 4 is 21.4 Å². The number of anilines is 1. The van der Waals surface area contributed by atoms with Gasteiger partial charge in [-0.1, -0.05) is 43.3 Å². The van der Waals surface area contributed by atoms with Gasteiger partial charge in [0.05, 0.1) is 24.2 Å². The molecule has 0 saturated carbocycles. The number of methoxy groups -OCH3 is 1. The van der Waals surface area contributed by atoms with Crippen molar-refractivity contribution in [3.8, 4) is 34.0 Å².